The van der Waals surface area contributed by atoms with Crippen molar-refractivity contribution in [3.8, 4) is 22.8 Å². The van der Waals surface area contributed by atoms with Crippen LogP contribution < -0.4 is 15.6 Å². The highest BCUT2D eigenvalue weighted by molar-refractivity contribution is 7.89. The van der Waals surface area contributed by atoms with Crippen LogP contribution in [-0.4, -0.2) is 27.5 Å². The molecule has 0 fully saturated rings. The Bertz CT molecular complexity index is 962. The van der Waals surface area contributed by atoms with Crippen molar-refractivity contribution in [2.45, 2.75) is 4.90 Å². The number of nitrogens with one attached hydrogen (secondary N) is 1. The van der Waals surface area contributed by atoms with E-state index in [-0.39, 0.29) is 4.90 Å². The molecule has 0 radical (unpaired) electrons. The first-order valence-corrected chi connectivity index (χ1v) is 8.95. The zero-order chi connectivity index (χ0) is 18.0. The molecule has 7 nitrogen and oxygen atoms in total. The van der Waals surface area contributed by atoms with E-state index < -0.39 is 10.0 Å². The smallest absolute Gasteiger partial charge is 0.253 e. The van der Waals surface area contributed by atoms with Gasteiger partial charge in [0.1, 0.15) is 0 Å². The minimum atomic E-state index is -3.67. The molecule has 0 unspecified atom stereocenters. The number of hydrogen-bond acceptors (Lipinski definition) is 6. The standard InChI is InChI=1S/C17H18N4O3S/c1-21(2)14-7-3-12(4-8-14)16-11-19-17(24-16)13-5-9-15(10-6-13)25(22,23)20-18/h3-11,20H,18H2,1-2H3. The van der Waals surface area contributed by atoms with Crippen LogP contribution in [0.5, 0.6) is 0 Å². The molecule has 1 heterocycles. The van der Waals surface area contributed by atoms with Crippen molar-refractivity contribution in [3.05, 3.63) is 54.7 Å². The molecule has 3 N–H and O–H groups in total. The molecule has 3 aromatic rings. The monoisotopic (exact) mass is 358 g/mol. The predicted octanol–water partition coefficient (Wildman–Crippen LogP) is 2.23. The molecular weight excluding hydrogens is 340 g/mol. The number of nitrogens with zero attached hydrogens (tertiary/aromatic N) is 2. The van der Waals surface area contributed by atoms with Gasteiger partial charge in [-0.05, 0) is 48.5 Å². The Morgan fingerprint density at radius 2 is 1.60 bits per heavy atom. The van der Waals surface area contributed by atoms with Gasteiger partial charge in [-0.1, -0.05) is 0 Å². The van der Waals surface area contributed by atoms with E-state index in [9.17, 15) is 8.42 Å². The van der Waals surface area contributed by atoms with E-state index in [0.717, 1.165) is 11.3 Å². The van der Waals surface area contributed by atoms with Gasteiger partial charge in [0.15, 0.2) is 5.76 Å². The number of nitrogens with two attached hydrogens (primary N) is 1. The topological polar surface area (TPSA) is 101 Å². The van der Waals surface area contributed by atoms with Gasteiger partial charge in [0, 0.05) is 30.9 Å². The molecule has 0 atom stereocenters. The van der Waals surface area contributed by atoms with Crippen LogP contribution in [0.4, 0.5) is 5.69 Å². The molecule has 0 saturated carbocycles. The summed E-state index contributed by atoms with van der Waals surface area (Å²) >= 11 is 0. The van der Waals surface area contributed by atoms with Crippen molar-refractivity contribution in [3.63, 3.8) is 0 Å². The van der Waals surface area contributed by atoms with Crippen LogP contribution in [0.3, 0.4) is 0 Å². The number of oxazole rings is 1. The fourth-order valence-electron chi connectivity index (χ4n) is 2.31. The largest absolute Gasteiger partial charge is 0.436 e. The van der Waals surface area contributed by atoms with Gasteiger partial charge in [-0.3, -0.25) is 5.84 Å². The lowest BCUT2D eigenvalue weighted by atomic mass is 10.1. The van der Waals surface area contributed by atoms with E-state index in [0.29, 0.717) is 17.2 Å². The highest BCUT2D eigenvalue weighted by Crippen LogP contribution is 2.27. The first kappa shape index (κ1) is 17.2. The molecule has 130 valence electrons. The maximum atomic E-state index is 11.6. The van der Waals surface area contributed by atoms with Crippen molar-refractivity contribution in [2.24, 2.45) is 5.84 Å². The summed E-state index contributed by atoms with van der Waals surface area (Å²) in [4.78, 5) is 8.14. The molecule has 1 aromatic heterocycles. The van der Waals surface area contributed by atoms with Crippen LogP contribution >= 0.6 is 0 Å². The summed E-state index contributed by atoms with van der Waals surface area (Å²) in [6.45, 7) is 0. The summed E-state index contributed by atoms with van der Waals surface area (Å²) in [5, 5.41) is 0. The second kappa shape index (κ2) is 6.67. The van der Waals surface area contributed by atoms with Crippen LogP contribution in [0.2, 0.25) is 0 Å². The van der Waals surface area contributed by atoms with Gasteiger partial charge in [0.05, 0.1) is 11.1 Å². The van der Waals surface area contributed by atoms with Gasteiger partial charge < -0.3 is 9.32 Å². The van der Waals surface area contributed by atoms with Gasteiger partial charge >= 0.3 is 0 Å². The van der Waals surface area contributed by atoms with Crippen LogP contribution in [0, 0.1) is 0 Å². The van der Waals surface area contributed by atoms with Gasteiger partial charge in [0.2, 0.25) is 5.89 Å². The lowest BCUT2D eigenvalue weighted by Gasteiger charge is -2.11. The summed E-state index contributed by atoms with van der Waals surface area (Å²) in [5.74, 6) is 6.07. The number of hydrazine groups is 1. The van der Waals surface area contributed by atoms with E-state index in [4.69, 9.17) is 10.3 Å². The third kappa shape index (κ3) is 3.55. The maximum Gasteiger partial charge on any atom is 0.253 e. The molecule has 0 spiro atoms. The van der Waals surface area contributed by atoms with E-state index in [1.165, 1.54) is 12.1 Å². The molecular formula is C17H18N4O3S. The highest BCUT2D eigenvalue weighted by Gasteiger charge is 2.13. The highest BCUT2D eigenvalue weighted by atomic mass is 32.2. The van der Waals surface area contributed by atoms with E-state index in [1.807, 2.05) is 43.3 Å². The second-order valence-corrected chi connectivity index (χ2v) is 7.33. The Hall–Kier alpha value is -2.68. The number of anilines is 1. The Kier molecular flexibility index (Phi) is 4.58. The van der Waals surface area contributed by atoms with Gasteiger partial charge in [-0.2, -0.15) is 4.83 Å². The Morgan fingerprint density at radius 1 is 1.00 bits per heavy atom. The molecule has 0 aliphatic rings. The van der Waals surface area contributed by atoms with Gasteiger partial charge in [0.25, 0.3) is 10.0 Å². The van der Waals surface area contributed by atoms with Crippen molar-refractivity contribution in [1.29, 1.82) is 0 Å². The quantitative estimate of drug-likeness (QED) is 0.536. The third-order valence-corrected chi connectivity index (χ3v) is 4.94. The number of sulfonamides is 1. The summed E-state index contributed by atoms with van der Waals surface area (Å²) in [6, 6.07) is 14.0. The zero-order valence-corrected chi connectivity index (χ0v) is 14.6. The average molecular weight is 358 g/mol. The van der Waals surface area contributed by atoms with E-state index >= 15 is 0 Å². The molecule has 3 rings (SSSR count). The first-order chi connectivity index (χ1) is 11.9. The molecule has 0 aliphatic carbocycles. The van der Waals surface area contributed by atoms with Crippen LogP contribution in [-0.2, 0) is 10.0 Å². The SMILES string of the molecule is CN(C)c1ccc(-c2cnc(-c3ccc(S(=O)(=O)NN)cc3)o2)cc1. The minimum absolute atomic E-state index is 0.0739. The zero-order valence-electron chi connectivity index (χ0n) is 13.8. The second-order valence-electron chi connectivity index (χ2n) is 5.62. The maximum absolute atomic E-state index is 11.6. The van der Waals surface area contributed by atoms with Crippen LogP contribution in [0.1, 0.15) is 0 Å². The lowest BCUT2D eigenvalue weighted by molar-refractivity contribution is 0.583. The fourth-order valence-corrected chi connectivity index (χ4v) is 2.94. The summed E-state index contributed by atoms with van der Waals surface area (Å²) in [5.41, 5.74) is 2.68. The van der Waals surface area contributed by atoms with Crippen molar-refractivity contribution >= 4 is 15.7 Å². The Balaban J connectivity index is 1.86. The Labute approximate surface area is 146 Å². The summed E-state index contributed by atoms with van der Waals surface area (Å²) < 4.78 is 29.1. The van der Waals surface area contributed by atoms with Gasteiger partial charge in [-0.25, -0.2) is 13.4 Å². The predicted molar refractivity (Wildman–Crippen MR) is 96.2 cm³/mol. The minimum Gasteiger partial charge on any atom is -0.436 e. The van der Waals surface area contributed by atoms with Gasteiger partial charge in [-0.15, -0.1) is 0 Å². The summed E-state index contributed by atoms with van der Waals surface area (Å²) in [7, 11) is 0.282. The van der Waals surface area contributed by atoms with Crippen molar-refractivity contribution < 1.29 is 12.8 Å². The van der Waals surface area contributed by atoms with E-state index in [2.05, 4.69) is 4.98 Å². The molecule has 0 amide bonds. The average Bonchev–Trinajstić information content (AvgIpc) is 3.12. The first-order valence-electron chi connectivity index (χ1n) is 7.47. The lowest BCUT2D eigenvalue weighted by Crippen LogP contribution is -2.30. The normalized spacial score (nSPS) is 11.5. The summed E-state index contributed by atoms with van der Waals surface area (Å²) in [6.07, 6.45) is 1.64. The van der Waals surface area contributed by atoms with E-state index in [1.54, 1.807) is 23.2 Å². The van der Waals surface area contributed by atoms with Crippen LogP contribution in [0.25, 0.3) is 22.8 Å². The van der Waals surface area contributed by atoms with Crippen molar-refractivity contribution in [2.75, 3.05) is 19.0 Å². The molecule has 2 aromatic carbocycles. The number of hydrogen-bond donors (Lipinski definition) is 2. The number of benzene rings is 2. The molecule has 8 heteroatoms. The number of rotatable bonds is 5. The van der Waals surface area contributed by atoms with Crippen molar-refractivity contribution in [1.82, 2.24) is 9.82 Å². The Morgan fingerprint density at radius 3 is 2.16 bits per heavy atom. The third-order valence-electron chi connectivity index (χ3n) is 3.74. The molecule has 0 aliphatic heterocycles. The molecule has 0 saturated heterocycles. The fraction of sp³-hybridized carbons (Fsp3) is 0.118. The molecule has 0 bridgehead atoms. The molecule has 25 heavy (non-hydrogen) atoms. The number of aromatic nitrogens is 1. The van der Waals surface area contributed by atoms with Crippen LogP contribution in [0.15, 0.2) is 64.0 Å².